The van der Waals surface area contributed by atoms with Gasteiger partial charge in [-0.1, -0.05) is 26.0 Å². The molecule has 1 aromatic rings. The second-order valence-corrected chi connectivity index (χ2v) is 5.36. The molecule has 1 unspecified atom stereocenters. The number of aliphatic hydroxyl groups excluding tert-OH is 1. The van der Waals surface area contributed by atoms with Crippen LogP contribution in [0.2, 0.25) is 0 Å². The summed E-state index contributed by atoms with van der Waals surface area (Å²) in [6.45, 7) is 12.2. The molecule has 2 N–H and O–H groups in total. The fourth-order valence-electron chi connectivity index (χ4n) is 1.96. The van der Waals surface area contributed by atoms with Crippen molar-refractivity contribution in [1.29, 1.82) is 0 Å². The average Bonchev–Trinajstić information content (AvgIpc) is 2.22. The Balaban J connectivity index is 2.68. The molecule has 0 heterocycles. The van der Waals surface area contributed by atoms with Crippen molar-refractivity contribution in [1.82, 2.24) is 5.32 Å². The molecule has 0 aromatic heterocycles. The smallest absolute Gasteiger partial charge is 0.0917 e. The first-order valence-electron chi connectivity index (χ1n) is 6.38. The minimum atomic E-state index is -0.409. The molecule has 1 atom stereocenters. The Labute approximate surface area is 105 Å². The monoisotopic (exact) mass is 235 g/mol. The summed E-state index contributed by atoms with van der Waals surface area (Å²) < 4.78 is 0. The molecule has 2 heteroatoms. The fourth-order valence-corrected chi connectivity index (χ4v) is 1.96. The molecule has 0 amide bonds. The van der Waals surface area contributed by atoms with Crippen LogP contribution in [0.5, 0.6) is 0 Å². The highest BCUT2D eigenvalue weighted by atomic mass is 16.3. The summed E-state index contributed by atoms with van der Waals surface area (Å²) in [7, 11) is 0. The van der Waals surface area contributed by atoms with Crippen LogP contribution in [0.3, 0.4) is 0 Å². The SMILES string of the molecule is Cc1cc(C)c(C(O)CNCC(C)C)cc1C. The topological polar surface area (TPSA) is 32.3 Å². The van der Waals surface area contributed by atoms with Crippen molar-refractivity contribution in [2.24, 2.45) is 5.92 Å². The lowest BCUT2D eigenvalue weighted by molar-refractivity contribution is 0.172. The number of rotatable bonds is 5. The van der Waals surface area contributed by atoms with Gasteiger partial charge in [-0.25, -0.2) is 0 Å². The minimum Gasteiger partial charge on any atom is -0.387 e. The Hall–Kier alpha value is -0.860. The van der Waals surface area contributed by atoms with Crippen molar-refractivity contribution >= 4 is 0 Å². The van der Waals surface area contributed by atoms with Crippen molar-refractivity contribution in [3.05, 3.63) is 34.4 Å². The zero-order valence-corrected chi connectivity index (χ0v) is 11.7. The van der Waals surface area contributed by atoms with E-state index in [1.807, 2.05) is 0 Å². The van der Waals surface area contributed by atoms with E-state index in [-0.39, 0.29) is 0 Å². The highest BCUT2D eigenvalue weighted by Gasteiger charge is 2.11. The van der Waals surface area contributed by atoms with Crippen molar-refractivity contribution < 1.29 is 5.11 Å². The van der Waals surface area contributed by atoms with Crippen molar-refractivity contribution in [3.63, 3.8) is 0 Å². The molecular weight excluding hydrogens is 210 g/mol. The number of hydrogen-bond acceptors (Lipinski definition) is 2. The Morgan fingerprint density at radius 2 is 1.59 bits per heavy atom. The molecule has 1 rings (SSSR count). The van der Waals surface area contributed by atoms with E-state index in [0.717, 1.165) is 12.1 Å². The normalized spacial score (nSPS) is 13.1. The molecular formula is C15H25NO. The summed E-state index contributed by atoms with van der Waals surface area (Å²) in [4.78, 5) is 0. The van der Waals surface area contributed by atoms with Crippen molar-refractivity contribution in [3.8, 4) is 0 Å². The summed E-state index contributed by atoms with van der Waals surface area (Å²) in [5, 5.41) is 13.5. The van der Waals surface area contributed by atoms with Gasteiger partial charge in [0.25, 0.3) is 0 Å². The van der Waals surface area contributed by atoms with Gasteiger partial charge in [-0.15, -0.1) is 0 Å². The van der Waals surface area contributed by atoms with Crippen LogP contribution in [0.1, 0.15) is 42.2 Å². The zero-order chi connectivity index (χ0) is 13.0. The summed E-state index contributed by atoms with van der Waals surface area (Å²) in [6, 6.07) is 4.25. The van der Waals surface area contributed by atoms with Crippen LogP contribution in [0.25, 0.3) is 0 Å². The third kappa shape index (κ3) is 4.14. The number of aliphatic hydroxyl groups is 1. The van der Waals surface area contributed by atoms with E-state index >= 15 is 0 Å². The zero-order valence-electron chi connectivity index (χ0n) is 11.7. The largest absolute Gasteiger partial charge is 0.387 e. The summed E-state index contributed by atoms with van der Waals surface area (Å²) in [5.41, 5.74) is 4.75. The van der Waals surface area contributed by atoms with Crippen LogP contribution >= 0.6 is 0 Å². The van der Waals surface area contributed by atoms with Gasteiger partial charge in [0.2, 0.25) is 0 Å². The van der Waals surface area contributed by atoms with Gasteiger partial charge in [0.05, 0.1) is 6.10 Å². The molecule has 0 saturated carbocycles. The maximum atomic E-state index is 10.2. The van der Waals surface area contributed by atoms with Gasteiger partial charge in [-0.05, 0) is 55.5 Å². The third-order valence-electron chi connectivity index (χ3n) is 3.13. The minimum absolute atomic E-state index is 0.409. The third-order valence-corrected chi connectivity index (χ3v) is 3.13. The van der Waals surface area contributed by atoms with Crippen LogP contribution in [0.15, 0.2) is 12.1 Å². The standard InChI is InChI=1S/C15H25NO/c1-10(2)8-16-9-15(17)14-7-12(4)11(3)6-13(14)5/h6-7,10,15-17H,8-9H2,1-5H3. The molecule has 1 aromatic carbocycles. The van der Waals surface area contributed by atoms with Crippen molar-refractivity contribution in [2.45, 2.75) is 40.7 Å². The van der Waals surface area contributed by atoms with Crippen LogP contribution in [-0.4, -0.2) is 18.2 Å². The maximum Gasteiger partial charge on any atom is 0.0917 e. The van der Waals surface area contributed by atoms with Crippen LogP contribution in [0.4, 0.5) is 0 Å². The molecule has 0 aliphatic carbocycles. The molecule has 17 heavy (non-hydrogen) atoms. The lowest BCUT2D eigenvalue weighted by atomic mass is 9.97. The number of benzene rings is 1. The van der Waals surface area contributed by atoms with Crippen LogP contribution in [0, 0.1) is 26.7 Å². The molecule has 0 aliphatic rings. The molecule has 0 saturated heterocycles. The summed E-state index contributed by atoms with van der Waals surface area (Å²) in [6.07, 6.45) is -0.409. The van der Waals surface area contributed by atoms with Gasteiger partial charge in [-0.3, -0.25) is 0 Å². The first-order valence-corrected chi connectivity index (χ1v) is 6.38. The first-order chi connectivity index (χ1) is 7.91. The highest BCUT2D eigenvalue weighted by molar-refractivity contribution is 5.37. The predicted octanol–water partition coefficient (Wildman–Crippen LogP) is 2.89. The van der Waals surface area contributed by atoms with Gasteiger partial charge in [-0.2, -0.15) is 0 Å². The molecule has 96 valence electrons. The van der Waals surface area contributed by atoms with Crippen LogP contribution < -0.4 is 5.32 Å². The molecule has 0 aliphatic heterocycles. The Morgan fingerprint density at radius 3 is 2.18 bits per heavy atom. The molecule has 2 nitrogen and oxygen atoms in total. The predicted molar refractivity (Wildman–Crippen MR) is 73.3 cm³/mol. The Morgan fingerprint density at radius 1 is 1.00 bits per heavy atom. The lowest BCUT2D eigenvalue weighted by Gasteiger charge is -2.17. The van der Waals surface area contributed by atoms with E-state index in [0.29, 0.717) is 12.5 Å². The van der Waals surface area contributed by atoms with E-state index < -0.39 is 6.10 Å². The lowest BCUT2D eigenvalue weighted by Crippen LogP contribution is -2.25. The van der Waals surface area contributed by atoms with Gasteiger partial charge >= 0.3 is 0 Å². The second kappa shape index (κ2) is 6.18. The Bertz CT molecular complexity index is 371. The number of aryl methyl sites for hydroxylation is 3. The van der Waals surface area contributed by atoms with Gasteiger partial charge in [0.1, 0.15) is 0 Å². The first kappa shape index (κ1) is 14.2. The summed E-state index contributed by atoms with van der Waals surface area (Å²) >= 11 is 0. The molecule has 0 bridgehead atoms. The van der Waals surface area contributed by atoms with Gasteiger partial charge in [0, 0.05) is 6.54 Å². The van der Waals surface area contributed by atoms with E-state index in [9.17, 15) is 5.11 Å². The van der Waals surface area contributed by atoms with Gasteiger partial charge in [0.15, 0.2) is 0 Å². The van der Waals surface area contributed by atoms with Gasteiger partial charge < -0.3 is 10.4 Å². The highest BCUT2D eigenvalue weighted by Crippen LogP contribution is 2.21. The molecule has 0 radical (unpaired) electrons. The number of nitrogens with one attached hydrogen (secondary N) is 1. The van der Waals surface area contributed by atoms with E-state index in [1.54, 1.807) is 0 Å². The maximum absolute atomic E-state index is 10.2. The van der Waals surface area contributed by atoms with Crippen molar-refractivity contribution in [2.75, 3.05) is 13.1 Å². The number of hydrogen-bond donors (Lipinski definition) is 2. The van der Waals surface area contributed by atoms with Crippen LogP contribution in [-0.2, 0) is 0 Å². The molecule has 0 spiro atoms. The average molecular weight is 235 g/mol. The fraction of sp³-hybridized carbons (Fsp3) is 0.600. The van der Waals surface area contributed by atoms with E-state index in [2.05, 4.69) is 52.1 Å². The van der Waals surface area contributed by atoms with E-state index in [4.69, 9.17) is 0 Å². The summed E-state index contributed by atoms with van der Waals surface area (Å²) in [5.74, 6) is 0.614. The second-order valence-electron chi connectivity index (χ2n) is 5.36. The quantitative estimate of drug-likeness (QED) is 0.822. The Kier molecular flexibility index (Phi) is 5.16. The molecule has 0 fully saturated rings. The van der Waals surface area contributed by atoms with E-state index in [1.165, 1.54) is 16.7 Å².